The minimum atomic E-state index is -0.478. The Kier molecular flexibility index (Phi) is 4.84. The quantitative estimate of drug-likeness (QED) is 0.772. The van der Waals surface area contributed by atoms with E-state index in [-0.39, 0.29) is 0 Å². The Bertz CT molecular complexity index is 345. The molecule has 1 N–H and O–H groups in total. The second kappa shape index (κ2) is 5.92. The molecule has 0 saturated heterocycles. The smallest absolute Gasteiger partial charge is 0.255 e. The lowest BCUT2D eigenvalue weighted by atomic mass is 10.0. The molecular formula is C11H17N3OS. The summed E-state index contributed by atoms with van der Waals surface area (Å²) in [6.45, 7) is 6.00. The SMILES string of the molecule is CC(C)NC(C)(C#N)CCSc1ncco1. The molecule has 1 heterocycles. The highest BCUT2D eigenvalue weighted by molar-refractivity contribution is 7.99. The molecule has 1 atom stereocenters. The van der Waals surface area contributed by atoms with E-state index in [1.54, 1.807) is 12.5 Å². The van der Waals surface area contributed by atoms with E-state index in [0.29, 0.717) is 11.3 Å². The first kappa shape index (κ1) is 13.1. The molecule has 0 radical (unpaired) electrons. The molecule has 88 valence electrons. The highest BCUT2D eigenvalue weighted by Crippen LogP contribution is 2.20. The van der Waals surface area contributed by atoms with E-state index < -0.39 is 5.54 Å². The van der Waals surface area contributed by atoms with E-state index in [0.717, 1.165) is 12.2 Å². The third kappa shape index (κ3) is 4.25. The fourth-order valence-electron chi connectivity index (χ4n) is 1.42. The van der Waals surface area contributed by atoms with E-state index in [9.17, 15) is 0 Å². The molecule has 0 aliphatic heterocycles. The molecule has 1 aromatic rings. The topological polar surface area (TPSA) is 61.9 Å². The van der Waals surface area contributed by atoms with Crippen LogP contribution in [0.5, 0.6) is 0 Å². The molecule has 0 amide bonds. The zero-order valence-electron chi connectivity index (χ0n) is 9.86. The number of rotatable bonds is 6. The Hall–Kier alpha value is -0.990. The van der Waals surface area contributed by atoms with E-state index in [1.807, 2.05) is 20.8 Å². The van der Waals surface area contributed by atoms with Crippen molar-refractivity contribution in [2.75, 3.05) is 5.75 Å². The average Bonchev–Trinajstić information content (AvgIpc) is 2.69. The number of nitrogens with zero attached hydrogens (tertiary/aromatic N) is 2. The summed E-state index contributed by atoms with van der Waals surface area (Å²) in [4.78, 5) is 4.02. The van der Waals surface area contributed by atoms with Gasteiger partial charge in [0.25, 0.3) is 5.22 Å². The zero-order valence-corrected chi connectivity index (χ0v) is 10.7. The van der Waals surface area contributed by atoms with Crippen LogP contribution in [0.15, 0.2) is 22.1 Å². The van der Waals surface area contributed by atoms with Gasteiger partial charge in [-0.3, -0.25) is 5.32 Å². The fraction of sp³-hybridized carbons (Fsp3) is 0.636. The number of hydrogen-bond acceptors (Lipinski definition) is 5. The van der Waals surface area contributed by atoms with Crippen LogP contribution in [-0.4, -0.2) is 22.3 Å². The van der Waals surface area contributed by atoms with E-state index in [4.69, 9.17) is 9.68 Å². The van der Waals surface area contributed by atoms with Crippen LogP contribution >= 0.6 is 11.8 Å². The first-order valence-electron chi connectivity index (χ1n) is 5.27. The van der Waals surface area contributed by atoms with E-state index in [1.165, 1.54) is 11.8 Å². The molecule has 16 heavy (non-hydrogen) atoms. The number of nitriles is 1. The van der Waals surface area contributed by atoms with Gasteiger partial charge in [-0.25, -0.2) is 4.98 Å². The molecular weight excluding hydrogens is 222 g/mol. The molecule has 0 bridgehead atoms. The van der Waals surface area contributed by atoms with Crippen molar-refractivity contribution in [1.29, 1.82) is 5.26 Å². The van der Waals surface area contributed by atoms with Gasteiger partial charge in [0, 0.05) is 11.8 Å². The van der Waals surface area contributed by atoms with Gasteiger partial charge < -0.3 is 4.42 Å². The van der Waals surface area contributed by atoms with Gasteiger partial charge in [0.15, 0.2) is 0 Å². The monoisotopic (exact) mass is 239 g/mol. The summed E-state index contributed by atoms with van der Waals surface area (Å²) in [5, 5.41) is 13.0. The van der Waals surface area contributed by atoms with Crippen molar-refractivity contribution in [2.24, 2.45) is 0 Å². The Labute approximate surface area is 100 Å². The van der Waals surface area contributed by atoms with Crippen molar-refractivity contribution in [3.63, 3.8) is 0 Å². The summed E-state index contributed by atoms with van der Waals surface area (Å²) in [6.07, 6.45) is 3.94. The lowest BCUT2D eigenvalue weighted by molar-refractivity contribution is 0.396. The predicted molar refractivity (Wildman–Crippen MR) is 64.1 cm³/mol. The number of hydrogen-bond donors (Lipinski definition) is 1. The zero-order chi connectivity index (χ0) is 12.0. The molecule has 1 unspecified atom stereocenters. The van der Waals surface area contributed by atoms with Gasteiger partial charge in [-0.05, 0) is 27.2 Å². The van der Waals surface area contributed by atoms with Crippen LogP contribution in [0.3, 0.4) is 0 Å². The normalized spacial score (nSPS) is 14.7. The van der Waals surface area contributed by atoms with Crippen molar-refractivity contribution in [3.8, 4) is 6.07 Å². The molecule has 0 aromatic carbocycles. The molecule has 0 aliphatic rings. The Morgan fingerprint density at radius 3 is 2.94 bits per heavy atom. The molecule has 4 nitrogen and oxygen atoms in total. The summed E-state index contributed by atoms with van der Waals surface area (Å²) in [5.74, 6) is 0.810. The molecule has 1 rings (SSSR count). The van der Waals surface area contributed by atoms with Gasteiger partial charge in [-0.15, -0.1) is 0 Å². The fourth-order valence-corrected chi connectivity index (χ4v) is 2.37. The largest absolute Gasteiger partial charge is 0.440 e. The Morgan fingerprint density at radius 2 is 2.44 bits per heavy atom. The summed E-state index contributed by atoms with van der Waals surface area (Å²) in [5.41, 5.74) is -0.478. The maximum Gasteiger partial charge on any atom is 0.255 e. The van der Waals surface area contributed by atoms with Crippen molar-refractivity contribution in [3.05, 3.63) is 12.5 Å². The maximum absolute atomic E-state index is 9.13. The molecule has 0 saturated carbocycles. The molecule has 0 spiro atoms. The van der Waals surface area contributed by atoms with Crippen molar-refractivity contribution in [2.45, 2.75) is 44.0 Å². The summed E-state index contributed by atoms with van der Waals surface area (Å²) >= 11 is 1.53. The van der Waals surface area contributed by atoms with Gasteiger partial charge in [-0.2, -0.15) is 5.26 Å². The van der Waals surface area contributed by atoms with Gasteiger partial charge in [0.05, 0.1) is 12.3 Å². The van der Waals surface area contributed by atoms with Gasteiger partial charge in [0.2, 0.25) is 0 Å². The van der Waals surface area contributed by atoms with Gasteiger partial charge in [-0.1, -0.05) is 11.8 Å². The maximum atomic E-state index is 9.13. The van der Waals surface area contributed by atoms with Crippen LogP contribution in [0.2, 0.25) is 0 Å². The van der Waals surface area contributed by atoms with Crippen LogP contribution in [0.4, 0.5) is 0 Å². The highest BCUT2D eigenvalue weighted by atomic mass is 32.2. The lowest BCUT2D eigenvalue weighted by Gasteiger charge is -2.25. The predicted octanol–water partition coefficient (Wildman–Crippen LogP) is 2.44. The molecule has 5 heteroatoms. The third-order valence-electron chi connectivity index (χ3n) is 2.09. The number of aromatic nitrogens is 1. The number of oxazole rings is 1. The third-order valence-corrected chi connectivity index (χ3v) is 2.95. The van der Waals surface area contributed by atoms with Crippen LogP contribution in [-0.2, 0) is 0 Å². The minimum Gasteiger partial charge on any atom is -0.440 e. The summed E-state index contributed by atoms with van der Waals surface area (Å²) in [6, 6.07) is 2.62. The van der Waals surface area contributed by atoms with Gasteiger partial charge >= 0.3 is 0 Å². The van der Waals surface area contributed by atoms with Crippen LogP contribution in [0.1, 0.15) is 27.2 Å². The molecule has 0 aliphatic carbocycles. The minimum absolute atomic E-state index is 0.302. The lowest BCUT2D eigenvalue weighted by Crippen LogP contribution is -2.45. The second-order valence-electron chi connectivity index (χ2n) is 4.14. The van der Waals surface area contributed by atoms with Gasteiger partial charge in [0.1, 0.15) is 11.8 Å². The molecule has 0 fully saturated rings. The first-order valence-corrected chi connectivity index (χ1v) is 6.25. The van der Waals surface area contributed by atoms with Crippen LogP contribution in [0.25, 0.3) is 0 Å². The first-order chi connectivity index (χ1) is 7.56. The Balaban J connectivity index is 2.37. The van der Waals surface area contributed by atoms with E-state index >= 15 is 0 Å². The van der Waals surface area contributed by atoms with Crippen molar-refractivity contribution >= 4 is 11.8 Å². The standard InChI is InChI=1S/C11H17N3OS/c1-9(2)14-11(3,8-12)4-7-16-10-13-5-6-15-10/h5-6,9,14H,4,7H2,1-3H3. The highest BCUT2D eigenvalue weighted by Gasteiger charge is 2.24. The molecule has 1 aromatic heterocycles. The number of thioether (sulfide) groups is 1. The summed E-state index contributed by atoms with van der Waals surface area (Å²) < 4.78 is 5.11. The number of nitrogens with one attached hydrogen (secondary N) is 1. The average molecular weight is 239 g/mol. The van der Waals surface area contributed by atoms with Crippen molar-refractivity contribution in [1.82, 2.24) is 10.3 Å². The van der Waals surface area contributed by atoms with Crippen LogP contribution < -0.4 is 5.32 Å². The second-order valence-corrected chi connectivity index (χ2v) is 5.19. The van der Waals surface area contributed by atoms with Crippen molar-refractivity contribution < 1.29 is 4.42 Å². The van der Waals surface area contributed by atoms with Crippen LogP contribution in [0, 0.1) is 11.3 Å². The summed E-state index contributed by atoms with van der Waals surface area (Å²) in [7, 11) is 0. The Morgan fingerprint density at radius 1 is 1.69 bits per heavy atom. The van der Waals surface area contributed by atoms with E-state index in [2.05, 4.69) is 16.4 Å².